The highest BCUT2D eigenvalue weighted by Gasteiger charge is 2.25. The summed E-state index contributed by atoms with van der Waals surface area (Å²) in [5.41, 5.74) is 1.85. The number of hydrogen-bond acceptors (Lipinski definition) is 3. The summed E-state index contributed by atoms with van der Waals surface area (Å²) < 4.78 is 1.68. The number of allylic oxidation sites excluding steroid dienone is 1. The molecule has 0 radical (unpaired) electrons. The molecule has 7 heteroatoms. The number of benzene rings is 1. The number of rotatable bonds is 7. The van der Waals surface area contributed by atoms with Gasteiger partial charge in [-0.25, -0.2) is 9.48 Å². The second-order valence-corrected chi connectivity index (χ2v) is 6.59. The zero-order valence-corrected chi connectivity index (χ0v) is 15.7. The molecule has 0 aliphatic carbocycles. The van der Waals surface area contributed by atoms with E-state index in [1.807, 2.05) is 26.0 Å². The molecule has 0 aliphatic heterocycles. The van der Waals surface area contributed by atoms with Crippen LogP contribution in [0.3, 0.4) is 0 Å². The molecule has 0 saturated carbocycles. The first kappa shape index (κ1) is 19.7. The maximum Gasteiger partial charge on any atom is 0.326 e. The van der Waals surface area contributed by atoms with Crippen LogP contribution in [0.4, 0.5) is 0 Å². The molecular formula is C19H22ClN3O3. The first-order chi connectivity index (χ1) is 12.3. The number of aromatic nitrogens is 2. The number of carboxylic acids is 1. The van der Waals surface area contributed by atoms with Crippen LogP contribution in [0.1, 0.15) is 49.2 Å². The second kappa shape index (κ2) is 8.67. The molecule has 2 N–H and O–H groups in total. The van der Waals surface area contributed by atoms with E-state index in [1.54, 1.807) is 35.9 Å². The third kappa shape index (κ3) is 4.52. The Kier molecular flexibility index (Phi) is 6.58. The molecule has 1 aromatic carbocycles. The number of carboxylic acid groups (broad SMARTS) is 1. The van der Waals surface area contributed by atoms with Gasteiger partial charge in [-0.15, -0.1) is 0 Å². The molecule has 138 valence electrons. The number of nitrogens with one attached hydrogen (secondary N) is 1. The smallest absolute Gasteiger partial charge is 0.326 e. The summed E-state index contributed by atoms with van der Waals surface area (Å²) in [6, 6.07) is 6.14. The fourth-order valence-corrected chi connectivity index (χ4v) is 2.73. The van der Waals surface area contributed by atoms with E-state index in [1.165, 1.54) is 6.20 Å². The van der Waals surface area contributed by atoms with Crippen LogP contribution < -0.4 is 5.32 Å². The quantitative estimate of drug-likeness (QED) is 0.721. The first-order valence-electron chi connectivity index (χ1n) is 8.33. The predicted octanol–water partition coefficient (Wildman–Crippen LogP) is 3.80. The topological polar surface area (TPSA) is 84.2 Å². The third-order valence-electron chi connectivity index (χ3n) is 3.88. The molecule has 2 aromatic rings. The van der Waals surface area contributed by atoms with E-state index in [-0.39, 0.29) is 12.3 Å². The Morgan fingerprint density at radius 1 is 1.31 bits per heavy atom. The lowest BCUT2D eigenvalue weighted by molar-refractivity contribution is -0.139. The second-order valence-electron chi connectivity index (χ2n) is 6.16. The number of nitrogens with zero attached hydrogens (tertiary/aromatic N) is 2. The van der Waals surface area contributed by atoms with Gasteiger partial charge in [0.2, 0.25) is 0 Å². The zero-order chi connectivity index (χ0) is 19.3. The number of carbonyl (C=O) groups is 2. The van der Waals surface area contributed by atoms with E-state index in [0.717, 1.165) is 5.69 Å². The van der Waals surface area contributed by atoms with Crippen LogP contribution in [0.15, 0.2) is 42.6 Å². The van der Waals surface area contributed by atoms with Crippen molar-refractivity contribution in [2.45, 2.75) is 39.2 Å². The maximum atomic E-state index is 12.7. The van der Waals surface area contributed by atoms with Gasteiger partial charge in [0.1, 0.15) is 6.04 Å². The molecule has 0 fully saturated rings. The monoisotopic (exact) mass is 375 g/mol. The Morgan fingerprint density at radius 2 is 1.96 bits per heavy atom. The average molecular weight is 376 g/mol. The highest BCUT2D eigenvalue weighted by Crippen LogP contribution is 2.24. The fourth-order valence-electron chi connectivity index (χ4n) is 2.61. The molecule has 26 heavy (non-hydrogen) atoms. The first-order valence-corrected chi connectivity index (χ1v) is 8.71. The van der Waals surface area contributed by atoms with Crippen LogP contribution >= 0.6 is 11.6 Å². The number of halogens is 1. The van der Waals surface area contributed by atoms with Crippen molar-refractivity contribution in [2.75, 3.05) is 0 Å². The Balaban J connectivity index is 2.35. The minimum atomic E-state index is -1.08. The van der Waals surface area contributed by atoms with Crippen LogP contribution in [0.5, 0.6) is 0 Å². The minimum Gasteiger partial charge on any atom is -0.480 e. The Bertz CT molecular complexity index is 810. The largest absolute Gasteiger partial charge is 0.480 e. The van der Waals surface area contributed by atoms with Gasteiger partial charge in [-0.3, -0.25) is 4.79 Å². The van der Waals surface area contributed by atoms with Crippen LogP contribution in [-0.2, 0) is 4.79 Å². The number of aliphatic carboxylic acids is 1. The molecule has 0 aliphatic rings. The Hall–Kier alpha value is -2.60. The van der Waals surface area contributed by atoms with Gasteiger partial charge in [-0.1, -0.05) is 37.6 Å². The van der Waals surface area contributed by atoms with Gasteiger partial charge in [-0.2, -0.15) is 5.10 Å². The van der Waals surface area contributed by atoms with E-state index in [2.05, 4.69) is 10.4 Å². The molecule has 0 bridgehead atoms. The lowest BCUT2D eigenvalue weighted by Gasteiger charge is -2.15. The minimum absolute atomic E-state index is 0.00717. The number of carbonyl (C=O) groups excluding carboxylic acids is 1. The summed E-state index contributed by atoms with van der Waals surface area (Å²) in [6.07, 6.45) is 5.15. The van der Waals surface area contributed by atoms with Gasteiger partial charge in [-0.05, 0) is 43.5 Å². The third-order valence-corrected chi connectivity index (χ3v) is 4.13. The average Bonchev–Trinajstić information content (AvgIpc) is 3.04. The molecule has 1 aromatic heterocycles. The molecule has 1 atom stereocenters. The van der Waals surface area contributed by atoms with Crippen LogP contribution in [0, 0.1) is 0 Å². The Labute approximate surface area is 157 Å². The van der Waals surface area contributed by atoms with Crippen molar-refractivity contribution < 1.29 is 14.7 Å². The van der Waals surface area contributed by atoms with Crippen molar-refractivity contribution >= 4 is 23.5 Å². The van der Waals surface area contributed by atoms with E-state index < -0.39 is 17.9 Å². The van der Waals surface area contributed by atoms with Crippen LogP contribution in [0.25, 0.3) is 5.69 Å². The van der Waals surface area contributed by atoms with E-state index in [4.69, 9.17) is 11.6 Å². The van der Waals surface area contributed by atoms with Gasteiger partial charge >= 0.3 is 5.97 Å². The predicted molar refractivity (Wildman–Crippen MR) is 101 cm³/mol. The molecule has 1 unspecified atom stereocenters. The highest BCUT2D eigenvalue weighted by atomic mass is 35.5. The summed E-state index contributed by atoms with van der Waals surface area (Å²) in [7, 11) is 0. The number of hydrogen-bond donors (Lipinski definition) is 2. The molecule has 1 heterocycles. The van der Waals surface area contributed by atoms with Gasteiger partial charge in [0, 0.05) is 5.02 Å². The van der Waals surface area contributed by atoms with E-state index in [9.17, 15) is 14.7 Å². The summed E-state index contributed by atoms with van der Waals surface area (Å²) >= 11 is 5.93. The molecule has 6 nitrogen and oxygen atoms in total. The zero-order valence-electron chi connectivity index (χ0n) is 14.9. The molecule has 0 saturated heterocycles. The molecule has 0 spiro atoms. The SMILES string of the molecule is C/C=C/CC(NC(=O)c1cnn(-c2ccc(Cl)cc2)c1C(C)C)C(=O)O. The van der Waals surface area contributed by atoms with Gasteiger partial charge in [0.05, 0.1) is 23.1 Å². The van der Waals surface area contributed by atoms with Crippen LogP contribution in [0.2, 0.25) is 5.02 Å². The maximum absolute atomic E-state index is 12.7. The van der Waals surface area contributed by atoms with Gasteiger partial charge in [0.15, 0.2) is 0 Å². The van der Waals surface area contributed by atoms with Crippen LogP contribution in [-0.4, -0.2) is 32.8 Å². The summed E-state index contributed by atoms with van der Waals surface area (Å²) in [5.74, 6) is -1.52. The van der Waals surface area contributed by atoms with Crippen molar-refractivity contribution in [3.05, 3.63) is 58.9 Å². The lowest BCUT2D eigenvalue weighted by atomic mass is 10.0. The van der Waals surface area contributed by atoms with Crippen molar-refractivity contribution in [3.63, 3.8) is 0 Å². The van der Waals surface area contributed by atoms with Crippen molar-refractivity contribution in [2.24, 2.45) is 0 Å². The molecular weight excluding hydrogens is 354 g/mol. The van der Waals surface area contributed by atoms with Crippen molar-refractivity contribution in [3.8, 4) is 5.69 Å². The summed E-state index contributed by atoms with van der Waals surface area (Å²) in [4.78, 5) is 24.0. The molecule has 1 amide bonds. The standard InChI is InChI=1S/C19H22ClN3O3/c1-4-5-6-16(19(25)26)22-18(24)15-11-21-23(17(15)12(2)3)14-9-7-13(20)8-10-14/h4-5,7-12,16H,6H2,1-3H3,(H,22,24)(H,25,26)/b5-4+. The Morgan fingerprint density at radius 3 is 2.50 bits per heavy atom. The highest BCUT2D eigenvalue weighted by molar-refractivity contribution is 6.30. The van der Waals surface area contributed by atoms with Crippen molar-refractivity contribution in [1.29, 1.82) is 0 Å². The lowest BCUT2D eigenvalue weighted by Crippen LogP contribution is -2.40. The normalized spacial score (nSPS) is 12.5. The van der Waals surface area contributed by atoms with Crippen molar-refractivity contribution in [1.82, 2.24) is 15.1 Å². The number of amides is 1. The van der Waals surface area contributed by atoms with Gasteiger partial charge in [0.25, 0.3) is 5.91 Å². The van der Waals surface area contributed by atoms with Gasteiger partial charge < -0.3 is 10.4 Å². The summed E-state index contributed by atoms with van der Waals surface area (Å²) in [5, 5.41) is 16.8. The van der Waals surface area contributed by atoms with E-state index in [0.29, 0.717) is 16.3 Å². The fraction of sp³-hybridized carbons (Fsp3) is 0.316. The summed E-state index contributed by atoms with van der Waals surface area (Å²) in [6.45, 7) is 5.71. The molecule has 2 rings (SSSR count). The van der Waals surface area contributed by atoms with E-state index >= 15 is 0 Å².